The maximum atomic E-state index is 5.12. The minimum atomic E-state index is 0.674. The number of terminal acetylenes is 1. The highest BCUT2D eigenvalue weighted by Crippen LogP contribution is 1.81. The van der Waals surface area contributed by atoms with E-state index in [1.807, 2.05) is 7.05 Å². The van der Waals surface area contributed by atoms with Crippen LogP contribution < -0.4 is 11.1 Å². The summed E-state index contributed by atoms with van der Waals surface area (Å²) in [7, 11) is 1.82. The molecular formula is C6H10N2. The van der Waals surface area contributed by atoms with Crippen molar-refractivity contribution >= 4 is 0 Å². The highest BCUT2D eigenvalue weighted by Gasteiger charge is 1.83. The van der Waals surface area contributed by atoms with Crippen LogP contribution in [0.2, 0.25) is 0 Å². The lowest BCUT2D eigenvalue weighted by Gasteiger charge is -1.92. The topological polar surface area (TPSA) is 38.0 Å². The lowest BCUT2D eigenvalue weighted by atomic mass is 10.3. The molecule has 0 saturated heterocycles. The van der Waals surface area contributed by atoms with Crippen LogP contribution in [0.1, 0.15) is 0 Å². The van der Waals surface area contributed by atoms with Crippen LogP contribution in [-0.2, 0) is 0 Å². The van der Waals surface area contributed by atoms with E-state index >= 15 is 0 Å². The van der Waals surface area contributed by atoms with Gasteiger partial charge in [-0.05, 0) is 7.05 Å². The number of rotatable bonds is 2. The SMILES string of the molecule is C#C/C(=C\N)CNC. The van der Waals surface area contributed by atoms with E-state index in [0.717, 1.165) is 5.57 Å². The molecule has 0 aliphatic heterocycles. The Morgan fingerprint density at radius 3 is 2.75 bits per heavy atom. The van der Waals surface area contributed by atoms with Gasteiger partial charge in [0, 0.05) is 18.3 Å². The number of likely N-dealkylation sites (N-methyl/N-ethyl adjacent to an activating group) is 1. The predicted molar refractivity (Wildman–Crippen MR) is 35.0 cm³/mol. The van der Waals surface area contributed by atoms with Crippen LogP contribution in [0.25, 0.3) is 0 Å². The molecule has 0 aliphatic rings. The molecule has 0 rings (SSSR count). The molecule has 0 aromatic heterocycles. The molecule has 44 valence electrons. The van der Waals surface area contributed by atoms with Gasteiger partial charge in [0.25, 0.3) is 0 Å². The van der Waals surface area contributed by atoms with Crippen LogP contribution in [0.15, 0.2) is 11.8 Å². The predicted octanol–water partition coefficient (Wildman–Crippen LogP) is -0.318. The van der Waals surface area contributed by atoms with Gasteiger partial charge in [-0.1, -0.05) is 5.92 Å². The minimum absolute atomic E-state index is 0.674. The van der Waals surface area contributed by atoms with Crippen molar-refractivity contribution in [2.45, 2.75) is 0 Å². The number of hydrogen-bond acceptors (Lipinski definition) is 2. The van der Waals surface area contributed by atoms with Gasteiger partial charge in [0.15, 0.2) is 0 Å². The Kier molecular flexibility index (Phi) is 3.73. The van der Waals surface area contributed by atoms with Crippen molar-refractivity contribution < 1.29 is 0 Å². The molecule has 0 saturated carbocycles. The first-order chi connectivity index (χ1) is 3.85. The third-order valence-corrected chi connectivity index (χ3v) is 0.754. The van der Waals surface area contributed by atoms with Crippen molar-refractivity contribution in [3.63, 3.8) is 0 Å². The normalized spacial score (nSPS) is 10.8. The fourth-order valence-corrected chi connectivity index (χ4v) is 0.349. The van der Waals surface area contributed by atoms with Gasteiger partial charge in [0.2, 0.25) is 0 Å². The fraction of sp³-hybridized carbons (Fsp3) is 0.333. The Bertz CT molecular complexity index is 119. The van der Waals surface area contributed by atoms with Crippen LogP contribution >= 0.6 is 0 Å². The van der Waals surface area contributed by atoms with E-state index in [-0.39, 0.29) is 0 Å². The van der Waals surface area contributed by atoms with E-state index in [9.17, 15) is 0 Å². The number of hydrogen-bond donors (Lipinski definition) is 2. The number of nitrogens with two attached hydrogens (primary N) is 1. The molecule has 8 heavy (non-hydrogen) atoms. The number of nitrogens with one attached hydrogen (secondary N) is 1. The maximum absolute atomic E-state index is 5.12. The van der Waals surface area contributed by atoms with Gasteiger partial charge in [0.05, 0.1) is 0 Å². The largest absolute Gasteiger partial charge is 0.404 e. The quantitative estimate of drug-likeness (QED) is 0.478. The van der Waals surface area contributed by atoms with Crippen LogP contribution in [0.3, 0.4) is 0 Å². The van der Waals surface area contributed by atoms with E-state index < -0.39 is 0 Å². The summed E-state index contributed by atoms with van der Waals surface area (Å²) in [5.74, 6) is 2.43. The highest BCUT2D eigenvalue weighted by atomic mass is 14.8. The van der Waals surface area contributed by atoms with Crippen LogP contribution in [0.4, 0.5) is 0 Å². The van der Waals surface area contributed by atoms with E-state index in [4.69, 9.17) is 12.2 Å². The third-order valence-electron chi connectivity index (χ3n) is 0.754. The summed E-state index contributed by atoms with van der Waals surface area (Å²) in [4.78, 5) is 0. The summed E-state index contributed by atoms with van der Waals surface area (Å²) in [6.07, 6.45) is 6.46. The summed E-state index contributed by atoms with van der Waals surface area (Å²) in [6.45, 7) is 0.674. The van der Waals surface area contributed by atoms with Gasteiger partial charge in [0.1, 0.15) is 0 Å². The lowest BCUT2D eigenvalue weighted by Crippen LogP contribution is -2.10. The van der Waals surface area contributed by atoms with Crippen molar-refractivity contribution in [3.05, 3.63) is 11.8 Å². The molecule has 0 bridgehead atoms. The molecule has 2 heteroatoms. The van der Waals surface area contributed by atoms with Gasteiger partial charge < -0.3 is 11.1 Å². The van der Waals surface area contributed by atoms with Crippen LogP contribution in [-0.4, -0.2) is 13.6 Å². The summed E-state index contributed by atoms with van der Waals surface area (Å²) >= 11 is 0. The van der Waals surface area contributed by atoms with E-state index in [0.29, 0.717) is 6.54 Å². The smallest absolute Gasteiger partial charge is 0.0310 e. The fourth-order valence-electron chi connectivity index (χ4n) is 0.349. The molecule has 0 aromatic carbocycles. The Labute approximate surface area is 49.8 Å². The van der Waals surface area contributed by atoms with Gasteiger partial charge in [-0.3, -0.25) is 0 Å². The first kappa shape index (κ1) is 7.06. The molecule has 0 spiro atoms. The van der Waals surface area contributed by atoms with Crippen molar-refractivity contribution in [2.24, 2.45) is 5.73 Å². The molecule has 0 amide bonds. The highest BCUT2D eigenvalue weighted by molar-refractivity contribution is 5.25. The zero-order valence-corrected chi connectivity index (χ0v) is 4.94. The third kappa shape index (κ3) is 2.27. The van der Waals surface area contributed by atoms with Crippen molar-refractivity contribution in [3.8, 4) is 12.3 Å². The van der Waals surface area contributed by atoms with Crippen LogP contribution in [0.5, 0.6) is 0 Å². The zero-order chi connectivity index (χ0) is 6.41. The Morgan fingerprint density at radius 2 is 2.62 bits per heavy atom. The standard InChI is InChI=1S/C6H10N2/c1-3-6(4-7)5-8-2/h1,4,8H,5,7H2,2H3/b6-4+. The molecular weight excluding hydrogens is 100 g/mol. The molecule has 3 N–H and O–H groups in total. The molecule has 0 atom stereocenters. The summed E-state index contributed by atoms with van der Waals surface area (Å²) in [6, 6.07) is 0. The molecule has 0 aromatic rings. The average Bonchev–Trinajstić information content (AvgIpc) is 1.83. The molecule has 0 aliphatic carbocycles. The second-order valence-electron chi connectivity index (χ2n) is 1.37. The molecule has 2 nitrogen and oxygen atoms in total. The average molecular weight is 110 g/mol. The van der Waals surface area contributed by atoms with E-state index in [1.54, 1.807) is 0 Å². The van der Waals surface area contributed by atoms with Gasteiger partial charge in [-0.2, -0.15) is 0 Å². The minimum Gasteiger partial charge on any atom is -0.404 e. The van der Waals surface area contributed by atoms with Crippen molar-refractivity contribution in [1.82, 2.24) is 5.32 Å². The molecule has 0 heterocycles. The summed E-state index contributed by atoms with van der Waals surface area (Å²) in [5.41, 5.74) is 5.91. The van der Waals surface area contributed by atoms with Crippen molar-refractivity contribution in [1.29, 1.82) is 0 Å². The van der Waals surface area contributed by atoms with Gasteiger partial charge in [-0.25, -0.2) is 0 Å². The first-order valence-corrected chi connectivity index (χ1v) is 2.37. The van der Waals surface area contributed by atoms with Crippen molar-refractivity contribution in [2.75, 3.05) is 13.6 Å². The Hall–Kier alpha value is -0.940. The van der Waals surface area contributed by atoms with Crippen LogP contribution in [0, 0.1) is 12.3 Å². The Morgan fingerprint density at radius 1 is 2.00 bits per heavy atom. The second-order valence-corrected chi connectivity index (χ2v) is 1.37. The summed E-state index contributed by atoms with van der Waals surface area (Å²) < 4.78 is 0. The Balaban J connectivity index is 3.60. The van der Waals surface area contributed by atoms with E-state index in [2.05, 4.69) is 11.2 Å². The lowest BCUT2D eigenvalue weighted by molar-refractivity contribution is 0.898. The maximum Gasteiger partial charge on any atom is 0.0310 e. The monoisotopic (exact) mass is 110 g/mol. The van der Waals surface area contributed by atoms with Gasteiger partial charge >= 0.3 is 0 Å². The zero-order valence-electron chi connectivity index (χ0n) is 4.94. The molecule has 0 radical (unpaired) electrons. The summed E-state index contributed by atoms with van der Waals surface area (Å²) in [5, 5.41) is 2.88. The van der Waals surface area contributed by atoms with E-state index in [1.165, 1.54) is 6.20 Å². The van der Waals surface area contributed by atoms with Gasteiger partial charge in [-0.15, -0.1) is 6.42 Å². The first-order valence-electron chi connectivity index (χ1n) is 2.37. The molecule has 0 fully saturated rings. The molecule has 0 unspecified atom stereocenters. The second kappa shape index (κ2) is 4.23.